The Bertz CT molecular complexity index is 1530. The zero-order valence-electron chi connectivity index (χ0n) is 22.1. The van der Waals surface area contributed by atoms with Gasteiger partial charge in [-0.2, -0.15) is 0 Å². The Balaban J connectivity index is 1.58. The minimum absolute atomic E-state index is 0.0483. The fourth-order valence-electron chi connectivity index (χ4n) is 4.50. The van der Waals surface area contributed by atoms with Crippen molar-refractivity contribution in [3.8, 4) is 17.2 Å². The number of Topliss-reactive ketones (excluding diaryl/α,β-unsaturated/α-hetero) is 1. The number of aliphatic hydroxyl groups excluding tert-OH is 1. The van der Waals surface area contributed by atoms with Gasteiger partial charge in [0.25, 0.3) is 5.78 Å². The van der Waals surface area contributed by atoms with E-state index in [0.29, 0.717) is 46.7 Å². The van der Waals surface area contributed by atoms with Gasteiger partial charge >= 0.3 is 5.91 Å². The molecule has 0 spiro atoms. The number of carbonyl (C=O) groups excluding carboxylic acids is 2. The highest BCUT2D eigenvalue weighted by molar-refractivity contribution is 7.14. The summed E-state index contributed by atoms with van der Waals surface area (Å²) >= 11 is 1.23. The fraction of sp³-hybridized carbons (Fsp3) is 0.194. The standard InChI is InChI=1S/C31H28N2O6S/c1-3-15-38-23-11-7-10-22(17-23)28(34)26-27(33(30(36)29(26)35)31-32-14-16-40-31)21-12-13-24(25(18-21)37-2)39-19-20-8-5-4-6-9-20/h4-14,16-18,27,34H,3,15,19H2,1-2H3/b28-26+. The number of hydrogen-bond acceptors (Lipinski definition) is 8. The molecular weight excluding hydrogens is 528 g/mol. The van der Waals surface area contributed by atoms with Crippen molar-refractivity contribution in [2.24, 2.45) is 0 Å². The van der Waals surface area contributed by atoms with E-state index in [0.717, 1.165) is 12.0 Å². The number of carbonyl (C=O) groups is 2. The minimum Gasteiger partial charge on any atom is -0.507 e. The predicted octanol–water partition coefficient (Wildman–Crippen LogP) is 6.15. The zero-order valence-corrected chi connectivity index (χ0v) is 22.9. The molecule has 204 valence electrons. The van der Waals surface area contributed by atoms with E-state index in [-0.39, 0.29) is 11.3 Å². The first-order valence-corrected chi connectivity index (χ1v) is 13.7. The summed E-state index contributed by atoms with van der Waals surface area (Å²) in [6.45, 7) is 2.85. The third kappa shape index (κ3) is 5.41. The van der Waals surface area contributed by atoms with Gasteiger partial charge in [-0.25, -0.2) is 4.98 Å². The third-order valence-electron chi connectivity index (χ3n) is 6.39. The molecular formula is C31H28N2O6S. The van der Waals surface area contributed by atoms with E-state index in [9.17, 15) is 14.7 Å². The van der Waals surface area contributed by atoms with Gasteiger partial charge in [-0.15, -0.1) is 11.3 Å². The lowest BCUT2D eigenvalue weighted by molar-refractivity contribution is -0.132. The number of hydrogen-bond donors (Lipinski definition) is 1. The maximum Gasteiger partial charge on any atom is 0.301 e. The average molecular weight is 557 g/mol. The second-order valence-corrected chi connectivity index (χ2v) is 9.92. The van der Waals surface area contributed by atoms with Crippen molar-refractivity contribution in [1.82, 2.24) is 4.98 Å². The summed E-state index contributed by atoms with van der Waals surface area (Å²) in [5, 5.41) is 13.5. The van der Waals surface area contributed by atoms with Crippen LogP contribution in [0.4, 0.5) is 5.13 Å². The number of anilines is 1. The number of ketones is 1. The van der Waals surface area contributed by atoms with Gasteiger partial charge in [-0.05, 0) is 41.8 Å². The molecule has 1 atom stereocenters. The molecule has 1 saturated heterocycles. The van der Waals surface area contributed by atoms with Crippen LogP contribution in [-0.4, -0.2) is 35.5 Å². The lowest BCUT2D eigenvalue weighted by atomic mass is 9.95. The number of ether oxygens (including phenoxy) is 3. The largest absolute Gasteiger partial charge is 0.507 e. The molecule has 9 heteroatoms. The van der Waals surface area contributed by atoms with Gasteiger partial charge in [0.2, 0.25) is 0 Å². The summed E-state index contributed by atoms with van der Waals surface area (Å²) in [6.07, 6.45) is 2.38. The Morgan fingerprint density at radius 3 is 2.55 bits per heavy atom. The topological polar surface area (TPSA) is 98.2 Å². The van der Waals surface area contributed by atoms with Crippen LogP contribution < -0.4 is 19.1 Å². The Labute approximate surface area is 236 Å². The Kier molecular flexibility index (Phi) is 8.12. The molecule has 1 fully saturated rings. The van der Waals surface area contributed by atoms with Gasteiger partial charge in [0.05, 0.1) is 25.3 Å². The van der Waals surface area contributed by atoms with Crippen LogP contribution in [0.1, 0.15) is 36.1 Å². The molecule has 1 aliphatic heterocycles. The van der Waals surface area contributed by atoms with Gasteiger partial charge in [-0.3, -0.25) is 14.5 Å². The minimum atomic E-state index is -0.941. The van der Waals surface area contributed by atoms with Crippen molar-refractivity contribution >= 4 is 33.9 Å². The van der Waals surface area contributed by atoms with Crippen LogP contribution in [-0.2, 0) is 16.2 Å². The van der Waals surface area contributed by atoms with Crippen molar-refractivity contribution in [2.75, 3.05) is 18.6 Å². The molecule has 1 aromatic heterocycles. The first-order chi connectivity index (χ1) is 19.5. The van der Waals surface area contributed by atoms with Crippen LogP contribution >= 0.6 is 11.3 Å². The molecule has 0 saturated carbocycles. The summed E-state index contributed by atoms with van der Waals surface area (Å²) in [6, 6.07) is 20.8. The highest BCUT2D eigenvalue weighted by Crippen LogP contribution is 2.44. The Hall–Kier alpha value is -4.63. The number of aromatic nitrogens is 1. The molecule has 2 heterocycles. The number of rotatable bonds is 10. The summed E-state index contributed by atoms with van der Waals surface area (Å²) in [5.41, 5.74) is 1.87. The van der Waals surface area contributed by atoms with E-state index in [1.165, 1.54) is 23.3 Å². The van der Waals surface area contributed by atoms with E-state index in [2.05, 4.69) is 4.98 Å². The molecule has 0 radical (unpaired) electrons. The van der Waals surface area contributed by atoms with Crippen LogP contribution in [0.3, 0.4) is 0 Å². The summed E-state index contributed by atoms with van der Waals surface area (Å²) < 4.78 is 17.3. The van der Waals surface area contributed by atoms with E-state index in [1.807, 2.05) is 37.3 Å². The number of benzene rings is 3. The molecule has 1 amide bonds. The Morgan fingerprint density at radius 1 is 1.00 bits per heavy atom. The van der Waals surface area contributed by atoms with Gasteiger partial charge in [-0.1, -0.05) is 55.5 Å². The quantitative estimate of drug-likeness (QED) is 0.142. The summed E-state index contributed by atoms with van der Waals surface area (Å²) in [7, 11) is 1.52. The molecule has 1 unspecified atom stereocenters. The zero-order chi connectivity index (χ0) is 28.1. The molecule has 3 aromatic carbocycles. The number of amides is 1. The summed E-state index contributed by atoms with van der Waals surface area (Å²) in [4.78, 5) is 32.4. The van der Waals surface area contributed by atoms with E-state index in [4.69, 9.17) is 14.2 Å². The maximum absolute atomic E-state index is 13.4. The van der Waals surface area contributed by atoms with Gasteiger partial charge < -0.3 is 19.3 Å². The van der Waals surface area contributed by atoms with Crippen molar-refractivity contribution in [1.29, 1.82) is 0 Å². The van der Waals surface area contributed by atoms with Gasteiger partial charge in [0.15, 0.2) is 16.6 Å². The molecule has 0 bridgehead atoms. The van der Waals surface area contributed by atoms with Crippen LogP contribution in [0.5, 0.6) is 17.2 Å². The highest BCUT2D eigenvalue weighted by Gasteiger charge is 2.48. The number of nitrogens with zero attached hydrogens (tertiary/aromatic N) is 2. The average Bonchev–Trinajstić information content (AvgIpc) is 3.61. The van der Waals surface area contributed by atoms with Crippen LogP contribution in [0.25, 0.3) is 5.76 Å². The van der Waals surface area contributed by atoms with Crippen molar-refractivity contribution < 1.29 is 28.9 Å². The van der Waals surface area contributed by atoms with E-state index >= 15 is 0 Å². The second kappa shape index (κ2) is 12.0. The molecule has 40 heavy (non-hydrogen) atoms. The number of methoxy groups -OCH3 is 1. The normalized spacial score (nSPS) is 16.2. The highest BCUT2D eigenvalue weighted by atomic mass is 32.1. The molecule has 1 N–H and O–H groups in total. The third-order valence-corrected chi connectivity index (χ3v) is 7.16. The second-order valence-electron chi connectivity index (χ2n) is 9.04. The first-order valence-electron chi connectivity index (χ1n) is 12.8. The van der Waals surface area contributed by atoms with Crippen LogP contribution in [0.2, 0.25) is 0 Å². The number of aliphatic hydroxyl groups is 1. The predicted molar refractivity (Wildman–Crippen MR) is 153 cm³/mol. The molecule has 4 aromatic rings. The van der Waals surface area contributed by atoms with Crippen LogP contribution in [0, 0.1) is 0 Å². The lowest BCUT2D eigenvalue weighted by Crippen LogP contribution is -2.29. The fourth-order valence-corrected chi connectivity index (χ4v) is 5.16. The van der Waals surface area contributed by atoms with Crippen molar-refractivity contribution in [2.45, 2.75) is 26.0 Å². The Morgan fingerprint density at radius 2 is 1.82 bits per heavy atom. The van der Waals surface area contributed by atoms with E-state index in [1.54, 1.807) is 54.0 Å². The SMILES string of the molecule is CCCOc1cccc(/C(O)=C2\C(=O)C(=O)N(c3nccs3)C2c2ccc(OCc3ccccc3)c(OC)c2)c1. The molecule has 8 nitrogen and oxygen atoms in total. The maximum atomic E-state index is 13.4. The van der Waals surface area contributed by atoms with Crippen molar-refractivity contribution in [3.05, 3.63) is 107 Å². The van der Waals surface area contributed by atoms with E-state index < -0.39 is 17.7 Å². The monoisotopic (exact) mass is 556 g/mol. The van der Waals surface area contributed by atoms with Gasteiger partial charge in [0, 0.05) is 17.1 Å². The molecule has 1 aliphatic rings. The van der Waals surface area contributed by atoms with Gasteiger partial charge in [0.1, 0.15) is 18.1 Å². The molecule has 5 rings (SSSR count). The summed E-state index contributed by atoms with van der Waals surface area (Å²) in [5.74, 6) is -0.398. The van der Waals surface area contributed by atoms with Crippen molar-refractivity contribution in [3.63, 3.8) is 0 Å². The first kappa shape index (κ1) is 27.0. The lowest BCUT2D eigenvalue weighted by Gasteiger charge is -2.24. The smallest absolute Gasteiger partial charge is 0.301 e. The molecule has 0 aliphatic carbocycles. The number of thiazole rings is 1. The van der Waals surface area contributed by atoms with Crippen LogP contribution in [0.15, 0.2) is 89.9 Å².